The van der Waals surface area contributed by atoms with Crippen LogP contribution >= 0.6 is 0 Å². The molecular weight excluding hydrogens is 232 g/mol. The molecule has 19 heavy (non-hydrogen) atoms. The lowest BCUT2D eigenvalue weighted by Crippen LogP contribution is -2.27. The van der Waals surface area contributed by atoms with E-state index in [9.17, 15) is 5.11 Å². The molecule has 0 aromatic carbocycles. The highest BCUT2D eigenvalue weighted by molar-refractivity contribution is 4.77. The summed E-state index contributed by atoms with van der Waals surface area (Å²) in [7, 11) is 0. The molecule has 1 rings (SSSR count). The van der Waals surface area contributed by atoms with Gasteiger partial charge in [0, 0.05) is 0 Å². The lowest BCUT2D eigenvalue weighted by Gasteiger charge is -2.31. The van der Waals surface area contributed by atoms with Gasteiger partial charge >= 0.3 is 0 Å². The molecule has 0 amide bonds. The third kappa shape index (κ3) is 6.29. The highest BCUT2D eigenvalue weighted by atomic mass is 16.3. The van der Waals surface area contributed by atoms with Crippen molar-refractivity contribution in [1.82, 2.24) is 0 Å². The van der Waals surface area contributed by atoms with E-state index in [0.717, 1.165) is 12.3 Å². The summed E-state index contributed by atoms with van der Waals surface area (Å²) in [5, 5.41) is 10.5. The van der Waals surface area contributed by atoms with Crippen LogP contribution in [-0.4, -0.2) is 11.2 Å². The number of rotatable bonds is 8. The summed E-state index contributed by atoms with van der Waals surface area (Å²) in [6, 6.07) is 0. The van der Waals surface area contributed by atoms with Gasteiger partial charge in [-0.25, -0.2) is 0 Å². The molecule has 114 valence electrons. The molecule has 0 saturated heterocycles. The molecule has 1 heteroatoms. The predicted molar refractivity (Wildman–Crippen MR) is 84.2 cm³/mol. The Kier molecular flexibility index (Phi) is 8.06. The minimum Gasteiger partial charge on any atom is -0.393 e. The molecular formula is C18H36O. The van der Waals surface area contributed by atoms with Crippen molar-refractivity contribution in [2.45, 2.75) is 91.6 Å². The highest BCUT2D eigenvalue weighted by Gasteiger charge is 2.26. The van der Waals surface area contributed by atoms with E-state index < -0.39 is 0 Å². The molecule has 3 atom stereocenters. The molecule has 0 aliphatic heterocycles. The summed E-state index contributed by atoms with van der Waals surface area (Å²) in [5.41, 5.74) is 0. The third-order valence-corrected chi connectivity index (χ3v) is 5.41. The molecule has 1 aliphatic rings. The Morgan fingerprint density at radius 1 is 1.00 bits per heavy atom. The summed E-state index contributed by atoms with van der Waals surface area (Å²) in [4.78, 5) is 0. The fourth-order valence-electron chi connectivity index (χ4n) is 3.45. The van der Waals surface area contributed by atoms with Crippen LogP contribution in [0.3, 0.4) is 0 Å². The van der Waals surface area contributed by atoms with Crippen LogP contribution in [0.25, 0.3) is 0 Å². The van der Waals surface area contributed by atoms with Gasteiger partial charge in [0.05, 0.1) is 6.10 Å². The van der Waals surface area contributed by atoms with Crippen molar-refractivity contribution in [1.29, 1.82) is 0 Å². The number of aliphatic hydroxyl groups is 1. The predicted octanol–water partition coefficient (Wildman–Crippen LogP) is 5.42. The van der Waals surface area contributed by atoms with Crippen LogP contribution in [0.5, 0.6) is 0 Å². The summed E-state index contributed by atoms with van der Waals surface area (Å²) < 4.78 is 0. The van der Waals surface area contributed by atoms with Gasteiger partial charge in [-0.3, -0.25) is 0 Å². The second kappa shape index (κ2) is 9.00. The van der Waals surface area contributed by atoms with Crippen molar-refractivity contribution in [2.75, 3.05) is 0 Å². The minimum atomic E-state index is -0.0374. The lowest BCUT2D eigenvalue weighted by molar-refractivity contribution is 0.0521. The van der Waals surface area contributed by atoms with E-state index in [-0.39, 0.29) is 6.10 Å². The van der Waals surface area contributed by atoms with Crippen molar-refractivity contribution >= 4 is 0 Å². The van der Waals surface area contributed by atoms with Crippen molar-refractivity contribution in [3.8, 4) is 0 Å². The first kappa shape index (κ1) is 17.0. The Labute approximate surface area is 121 Å². The normalized spacial score (nSPS) is 22.4. The Balaban J connectivity index is 2.38. The topological polar surface area (TPSA) is 20.2 Å². The van der Waals surface area contributed by atoms with Crippen LogP contribution in [0, 0.1) is 23.7 Å². The molecule has 0 aromatic rings. The SMILES string of the molecule is CC[C@@H](C)CC[C@@H](C[C@H](O)C1CCCCC1)C(C)C. The zero-order chi connectivity index (χ0) is 14.3. The molecule has 0 unspecified atom stereocenters. The van der Waals surface area contributed by atoms with Crippen molar-refractivity contribution in [2.24, 2.45) is 23.7 Å². The van der Waals surface area contributed by atoms with E-state index in [1.54, 1.807) is 0 Å². The highest BCUT2D eigenvalue weighted by Crippen LogP contribution is 2.32. The monoisotopic (exact) mass is 268 g/mol. The van der Waals surface area contributed by atoms with E-state index in [1.165, 1.54) is 51.4 Å². The van der Waals surface area contributed by atoms with E-state index in [0.29, 0.717) is 17.8 Å². The number of hydrogen-bond acceptors (Lipinski definition) is 1. The summed E-state index contributed by atoms with van der Waals surface area (Å²) >= 11 is 0. The first-order chi connectivity index (χ1) is 9.04. The number of hydrogen-bond donors (Lipinski definition) is 1. The summed E-state index contributed by atoms with van der Waals surface area (Å²) in [6.07, 6.45) is 11.5. The molecule has 1 nitrogen and oxygen atoms in total. The Morgan fingerprint density at radius 3 is 2.16 bits per heavy atom. The van der Waals surface area contributed by atoms with Gasteiger partial charge in [0.25, 0.3) is 0 Å². The quantitative estimate of drug-likeness (QED) is 0.623. The zero-order valence-electron chi connectivity index (χ0n) is 13.7. The van der Waals surface area contributed by atoms with Gasteiger partial charge in [-0.05, 0) is 49.4 Å². The average molecular weight is 268 g/mol. The second-order valence-corrected chi connectivity index (χ2v) is 7.30. The Bertz CT molecular complexity index is 218. The fraction of sp³-hybridized carbons (Fsp3) is 1.00. The molecule has 0 spiro atoms. The standard InChI is InChI=1S/C18H36O/c1-5-15(4)11-12-17(14(2)3)13-18(19)16-9-7-6-8-10-16/h14-19H,5-13H2,1-4H3/t15-,17+,18+/m1/s1. The third-order valence-electron chi connectivity index (χ3n) is 5.41. The van der Waals surface area contributed by atoms with Crippen LogP contribution in [0.15, 0.2) is 0 Å². The maximum atomic E-state index is 10.5. The van der Waals surface area contributed by atoms with Gasteiger partial charge in [-0.2, -0.15) is 0 Å². The van der Waals surface area contributed by atoms with E-state index in [1.807, 2.05) is 0 Å². The summed E-state index contributed by atoms with van der Waals surface area (Å²) in [5.74, 6) is 2.86. The van der Waals surface area contributed by atoms with Crippen molar-refractivity contribution in [3.05, 3.63) is 0 Å². The molecule has 0 aromatic heterocycles. The smallest absolute Gasteiger partial charge is 0.0571 e. The average Bonchev–Trinajstić information content (AvgIpc) is 2.43. The van der Waals surface area contributed by atoms with E-state index >= 15 is 0 Å². The largest absolute Gasteiger partial charge is 0.393 e. The molecule has 1 aliphatic carbocycles. The van der Waals surface area contributed by atoms with Crippen LogP contribution in [0.1, 0.15) is 85.5 Å². The Morgan fingerprint density at radius 2 is 1.63 bits per heavy atom. The van der Waals surface area contributed by atoms with Crippen LogP contribution in [0.2, 0.25) is 0 Å². The van der Waals surface area contributed by atoms with Gasteiger partial charge < -0.3 is 5.11 Å². The van der Waals surface area contributed by atoms with Gasteiger partial charge in [-0.1, -0.05) is 59.8 Å². The number of aliphatic hydroxyl groups excluding tert-OH is 1. The fourth-order valence-corrected chi connectivity index (χ4v) is 3.45. The Hall–Kier alpha value is -0.0400. The first-order valence-electron chi connectivity index (χ1n) is 8.72. The second-order valence-electron chi connectivity index (χ2n) is 7.30. The van der Waals surface area contributed by atoms with Gasteiger partial charge in [0.15, 0.2) is 0 Å². The van der Waals surface area contributed by atoms with Crippen molar-refractivity contribution in [3.63, 3.8) is 0 Å². The molecule has 1 N–H and O–H groups in total. The maximum absolute atomic E-state index is 10.5. The van der Waals surface area contributed by atoms with Crippen molar-refractivity contribution < 1.29 is 5.11 Å². The van der Waals surface area contributed by atoms with Gasteiger partial charge in [-0.15, -0.1) is 0 Å². The molecule has 0 radical (unpaired) electrons. The van der Waals surface area contributed by atoms with Crippen LogP contribution in [0.4, 0.5) is 0 Å². The maximum Gasteiger partial charge on any atom is 0.0571 e. The molecule has 1 saturated carbocycles. The van der Waals surface area contributed by atoms with Crippen LogP contribution in [-0.2, 0) is 0 Å². The van der Waals surface area contributed by atoms with Gasteiger partial charge in [0.2, 0.25) is 0 Å². The molecule has 0 heterocycles. The van der Waals surface area contributed by atoms with Crippen LogP contribution < -0.4 is 0 Å². The van der Waals surface area contributed by atoms with E-state index in [4.69, 9.17) is 0 Å². The molecule has 1 fully saturated rings. The molecule has 0 bridgehead atoms. The zero-order valence-corrected chi connectivity index (χ0v) is 13.7. The van der Waals surface area contributed by atoms with Gasteiger partial charge in [0.1, 0.15) is 0 Å². The summed E-state index contributed by atoms with van der Waals surface area (Å²) in [6.45, 7) is 9.30. The minimum absolute atomic E-state index is 0.0374. The first-order valence-corrected chi connectivity index (χ1v) is 8.72. The van der Waals surface area contributed by atoms with E-state index in [2.05, 4.69) is 27.7 Å². The lowest BCUT2D eigenvalue weighted by atomic mass is 9.78.